The van der Waals surface area contributed by atoms with E-state index in [0.29, 0.717) is 6.42 Å². The quantitative estimate of drug-likeness (QED) is 0.540. The fourth-order valence-corrected chi connectivity index (χ4v) is 3.58. The van der Waals surface area contributed by atoms with Gasteiger partial charge in [0.05, 0.1) is 22.9 Å². The number of fused-ring (bicyclic) bond motifs is 2. The van der Waals surface area contributed by atoms with E-state index in [4.69, 9.17) is 0 Å². The molecule has 6 heteroatoms. The molecule has 0 radical (unpaired) electrons. The summed E-state index contributed by atoms with van der Waals surface area (Å²) in [5.41, 5.74) is 5.18. The molecule has 2 aromatic carbocycles. The lowest BCUT2D eigenvalue weighted by molar-refractivity contribution is -0.136. The number of aromatic amines is 1. The zero-order valence-corrected chi connectivity index (χ0v) is 14.8. The van der Waals surface area contributed by atoms with Gasteiger partial charge in [-0.25, -0.2) is 4.39 Å². The van der Waals surface area contributed by atoms with Gasteiger partial charge in [-0.1, -0.05) is 6.58 Å². The van der Waals surface area contributed by atoms with Gasteiger partial charge in [-0.2, -0.15) is 5.10 Å². The number of hydrogen-bond donors (Lipinski definition) is 2. The van der Waals surface area contributed by atoms with Crippen molar-refractivity contribution >= 4 is 33.3 Å². The van der Waals surface area contributed by atoms with Gasteiger partial charge in [0, 0.05) is 22.9 Å². The van der Waals surface area contributed by atoms with Gasteiger partial charge in [0.25, 0.3) is 0 Å². The highest BCUT2D eigenvalue weighted by atomic mass is 19.1. The average Bonchev–Trinajstić information content (AvgIpc) is 3.20. The number of hydrogen-bond acceptors (Lipinski definition) is 2. The smallest absolute Gasteiger partial charge is 0.303 e. The summed E-state index contributed by atoms with van der Waals surface area (Å²) >= 11 is 0. The standard InChI is InChI=1S/C21H18FN3O2/c1-12(2)21-16(7-8-20(26)27)17-10-18-13(11-23-24-18)9-19(17)25(21)15-5-3-14(22)4-6-15/h3-6,9-11H,1,7-8H2,2H3,(H,23,24)(H,26,27). The molecule has 0 aliphatic heterocycles. The maximum Gasteiger partial charge on any atom is 0.303 e. The summed E-state index contributed by atoms with van der Waals surface area (Å²) in [4.78, 5) is 11.2. The third kappa shape index (κ3) is 2.89. The Morgan fingerprint density at radius 1 is 1.30 bits per heavy atom. The van der Waals surface area contributed by atoms with Gasteiger partial charge in [-0.05, 0) is 60.9 Å². The summed E-state index contributed by atoms with van der Waals surface area (Å²) in [6.07, 6.45) is 2.14. The third-order valence-corrected chi connectivity index (χ3v) is 4.71. The van der Waals surface area contributed by atoms with Crippen LogP contribution in [0.4, 0.5) is 4.39 Å². The maximum absolute atomic E-state index is 13.5. The largest absolute Gasteiger partial charge is 0.481 e. The topological polar surface area (TPSA) is 70.9 Å². The molecule has 2 aromatic heterocycles. The van der Waals surface area contributed by atoms with E-state index in [1.807, 2.05) is 23.6 Å². The summed E-state index contributed by atoms with van der Waals surface area (Å²) in [7, 11) is 0. The zero-order chi connectivity index (χ0) is 19.1. The van der Waals surface area contributed by atoms with Crippen LogP contribution in [0.1, 0.15) is 24.6 Å². The number of allylic oxidation sites excluding steroid dienone is 1. The first-order valence-electron chi connectivity index (χ1n) is 8.59. The second kappa shape index (κ2) is 6.39. The van der Waals surface area contributed by atoms with Gasteiger partial charge >= 0.3 is 5.97 Å². The lowest BCUT2D eigenvalue weighted by atomic mass is 10.0. The van der Waals surface area contributed by atoms with Gasteiger partial charge in [-0.15, -0.1) is 0 Å². The molecule has 0 aliphatic carbocycles. The molecule has 4 rings (SSSR count). The number of nitrogens with zero attached hydrogens (tertiary/aromatic N) is 2. The summed E-state index contributed by atoms with van der Waals surface area (Å²) < 4.78 is 15.5. The van der Waals surface area contributed by atoms with Gasteiger partial charge < -0.3 is 9.67 Å². The van der Waals surface area contributed by atoms with Crippen molar-refractivity contribution in [1.29, 1.82) is 0 Å². The van der Waals surface area contributed by atoms with Crippen LogP contribution in [0, 0.1) is 5.82 Å². The molecular weight excluding hydrogens is 345 g/mol. The molecule has 0 fully saturated rings. The van der Waals surface area contributed by atoms with E-state index < -0.39 is 5.97 Å². The van der Waals surface area contributed by atoms with Crippen LogP contribution in [0.2, 0.25) is 0 Å². The Labute approximate surface area is 154 Å². The molecule has 0 spiro atoms. The predicted molar refractivity (Wildman–Crippen MR) is 104 cm³/mol. The Hall–Kier alpha value is -3.41. The van der Waals surface area contributed by atoms with Crippen LogP contribution in [0.25, 0.3) is 33.1 Å². The van der Waals surface area contributed by atoms with Crippen molar-refractivity contribution in [2.75, 3.05) is 0 Å². The number of nitrogens with one attached hydrogen (secondary N) is 1. The number of aryl methyl sites for hydroxylation is 1. The Morgan fingerprint density at radius 3 is 2.70 bits per heavy atom. The number of carboxylic acid groups (broad SMARTS) is 1. The van der Waals surface area contributed by atoms with Crippen LogP contribution in [0.3, 0.4) is 0 Å². The molecule has 0 bridgehead atoms. The van der Waals surface area contributed by atoms with Gasteiger partial charge in [0.1, 0.15) is 5.82 Å². The molecule has 0 atom stereocenters. The zero-order valence-electron chi connectivity index (χ0n) is 14.8. The highest BCUT2D eigenvalue weighted by molar-refractivity contribution is 6.00. The van der Waals surface area contributed by atoms with Crippen molar-refractivity contribution in [2.24, 2.45) is 0 Å². The van der Waals surface area contributed by atoms with Crippen LogP contribution >= 0.6 is 0 Å². The minimum atomic E-state index is -0.854. The fraction of sp³-hybridized carbons (Fsp3) is 0.143. The summed E-state index contributed by atoms with van der Waals surface area (Å²) in [5, 5.41) is 18.1. The number of carboxylic acids is 1. The maximum atomic E-state index is 13.5. The van der Waals surface area contributed by atoms with Crippen LogP contribution in [0.5, 0.6) is 0 Å². The van der Waals surface area contributed by atoms with E-state index in [9.17, 15) is 14.3 Å². The van der Waals surface area contributed by atoms with E-state index in [0.717, 1.165) is 44.3 Å². The van der Waals surface area contributed by atoms with E-state index in [-0.39, 0.29) is 12.2 Å². The summed E-state index contributed by atoms with van der Waals surface area (Å²) in [6.45, 7) is 6.00. The predicted octanol–water partition coefficient (Wildman–Crippen LogP) is 4.70. The number of halogens is 1. The molecule has 0 amide bonds. The van der Waals surface area contributed by atoms with Crippen molar-refractivity contribution in [3.8, 4) is 5.69 Å². The number of aromatic nitrogens is 3. The number of carbonyl (C=O) groups is 1. The molecule has 0 aliphatic rings. The number of H-pyrrole nitrogens is 1. The molecule has 2 heterocycles. The van der Waals surface area contributed by atoms with Crippen LogP contribution in [-0.2, 0) is 11.2 Å². The lowest BCUT2D eigenvalue weighted by Gasteiger charge is -2.12. The molecule has 27 heavy (non-hydrogen) atoms. The Bertz CT molecular complexity index is 1190. The molecule has 2 N–H and O–H groups in total. The van der Waals surface area contributed by atoms with Gasteiger partial charge in [-0.3, -0.25) is 9.89 Å². The first kappa shape index (κ1) is 17.0. The van der Waals surface area contributed by atoms with Crippen LogP contribution < -0.4 is 0 Å². The Balaban J connectivity index is 2.09. The fourth-order valence-electron chi connectivity index (χ4n) is 3.58. The highest BCUT2D eigenvalue weighted by Gasteiger charge is 2.20. The molecule has 0 unspecified atom stereocenters. The van der Waals surface area contributed by atoms with E-state index >= 15 is 0 Å². The van der Waals surface area contributed by atoms with Crippen LogP contribution in [-0.4, -0.2) is 25.8 Å². The third-order valence-electron chi connectivity index (χ3n) is 4.71. The highest BCUT2D eigenvalue weighted by Crippen LogP contribution is 2.36. The number of aliphatic carboxylic acids is 1. The van der Waals surface area contributed by atoms with E-state index in [1.165, 1.54) is 12.1 Å². The van der Waals surface area contributed by atoms with Crippen molar-refractivity contribution in [3.63, 3.8) is 0 Å². The molecule has 0 saturated carbocycles. The molecule has 4 aromatic rings. The average molecular weight is 363 g/mol. The SMILES string of the molecule is C=C(C)c1c(CCC(=O)O)c2cc3[nH]ncc3cc2n1-c1ccc(F)cc1. The first-order valence-corrected chi connectivity index (χ1v) is 8.59. The lowest BCUT2D eigenvalue weighted by Crippen LogP contribution is -2.02. The first-order chi connectivity index (χ1) is 13.0. The summed E-state index contributed by atoms with van der Waals surface area (Å²) in [6, 6.07) is 10.2. The molecule has 5 nitrogen and oxygen atoms in total. The number of benzene rings is 2. The minimum Gasteiger partial charge on any atom is -0.481 e. The van der Waals surface area contributed by atoms with Gasteiger partial charge in [0.15, 0.2) is 0 Å². The van der Waals surface area contributed by atoms with Crippen LogP contribution in [0.15, 0.2) is 49.2 Å². The Kier molecular flexibility index (Phi) is 4.03. The second-order valence-electron chi connectivity index (χ2n) is 6.64. The van der Waals surface area contributed by atoms with Gasteiger partial charge in [0.2, 0.25) is 0 Å². The molecular formula is C21H18FN3O2. The van der Waals surface area contributed by atoms with E-state index in [1.54, 1.807) is 18.3 Å². The van der Waals surface area contributed by atoms with Crippen molar-refractivity contribution in [3.05, 3.63) is 66.2 Å². The second-order valence-corrected chi connectivity index (χ2v) is 6.64. The molecule has 0 saturated heterocycles. The summed E-state index contributed by atoms with van der Waals surface area (Å²) in [5.74, 6) is -1.16. The van der Waals surface area contributed by atoms with Crippen molar-refractivity contribution in [1.82, 2.24) is 14.8 Å². The normalized spacial score (nSPS) is 11.3. The van der Waals surface area contributed by atoms with E-state index in [2.05, 4.69) is 16.8 Å². The molecule has 136 valence electrons. The Morgan fingerprint density at radius 2 is 2.04 bits per heavy atom. The number of rotatable bonds is 5. The minimum absolute atomic E-state index is 0.0177. The monoisotopic (exact) mass is 363 g/mol. The van der Waals surface area contributed by atoms with Crippen molar-refractivity contribution in [2.45, 2.75) is 19.8 Å². The van der Waals surface area contributed by atoms with Crippen molar-refractivity contribution < 1.29 is 14.3 Å².